The molecular formula is C12H19N5. The summed E-state index contributed by atoms with van der Waals surface area (Å²) >= 11 is 0. The van der Waals surface area contributed by atoms with Crippen molar-refractivity contribution in [1.82, 2.24) is 14.6 Å². The molecule has 2 aromatic heterocycles. The van der Waals surface area contributed by atoms with Gasteiger partial charge in [0, 0.05) is 31.9 Å². The Kier molecular flexibility index (Phi) is 3.93. The standard InChI is InChI=1S/C12H19N5/c1-2-3-8-16(10-6-13)11-5-9-17-12(15-11)4-7-14-17/h4-5,7,9H,2-3,6,8,10,13H2,1H3. The number of hydrogen-bond acceptors (Lipinski definition) is 4. The van der Waals surface area contributed by atoms with Gasteiger partial charge in [0.05, 0.1) is 6.20 Å². The van der Waals surface area contributed by atoms with E-state index in [0.717, 1.165) is 31.0 Å². The SMILES string of the molecule is CCCCN(CCN)c1ccn2nccc2n1. The first-order valence-corrected chi connectivity index (χ1v) is 6.10. The van der Waals surface area contributed by atoms with E-state index < -0.39 is 0 Å². The summed E-state index contributed by atoms with van der Waals surface area (Å²) in [7, 11) is 0. The number of hydrogen-bond donors (Lipinski definition) is 1. The molecule has 0 saturated heterocycles. The van der Waals surface area contributed by atoms with Crippen molar-refractivity contribution in [1.29, 1.82) is 0 Å². The molecule has 0 aliphatic heterocycles. The Morgan fingerprint density at radius 3 is 3.00 bits per heavy atom. The molecule has 0 saturated carbocycles. The summed E-state index contributed by atoms with van der Waals surface area (Å²) in [6.07, 6.45) is 6.03. The van der Waals surface area contributed by atoms with Gasteiger partial charge in [-0.1, -0.05) is 13.3 Å². The maximum absolute atomic E-state index is 5.64. The van der Waals surface area contributed by atoms with E-state index in [1.165, 1.54) is 6.42 Å². The Labute approximate surface area is 101 Å². The van der Waals surface area contributed by atoms with Crippen LogP contribution in [0.3, 0.4) is 0 Å². The topological polar surface area (TPSA) is 59.5 Å². The molecule has 0 aliphatic rings. The van der Waals surface area contributed by atoms with Crippen molar-refractivity contribution in [3.8, 4) is 0 Å². The lowest BCUT2D eigenvalue weighted by molar-refractivity contribution is 0.706. The molecule has 17 heavy (non-hydrogen) atoms. The first kappa shape index (κ1) is 11.9. The number of rotatable bonds is 6. The zero-order chi connectivity index (χ0) is 12.1. The van der Waals surface area contributed by atoms with Crippen molar-refractivity contribution >= 4 is 11.5 Å². The van der Waals surface area contributed by atoms with E-state index >= 15 is 0 Å². The molecule has 92 valence electrons. The van der Waals surface area contributed by atoms with Crippen LogP contribution in [0.5, 0.6) is 0 Å². The Morgan fingerprint density at radius 1 is 1.35 bits per heavy atom. The molecule has 0 bridgehead atoms. The van der Waals surface area contributed by atoms with E-state index in [0.29, 0.717) is 6.54 Å². The third-order valence-electron chi connectivity index (χ3n) is 2.75. The average Bonchev–Trinajstić information content (AvgIpc) is 2.81. The monoisotopic (exact) mass is 233 g/mol. The van der Waals surface area contributed by atoms with Crippen LogP contribution in [0.2, 0.25) is 0 Å². The van der Waals surface area contributed by atoms with Crippen molar-refractivity contribution in [2.45, 2.75) is 19.8 Å². The number of fused-ring (bicyclic) bond motifs is 1. The molecule has 2 rings (SSSR count). The lowest BCUT2D eigenvalue weighted by atomic mass is 10.3. The summed E-state index contributed by atoms with van der Waals surface area (Å²) in [5.74, 6) is 0.983. The highest BCUT2D eigenvalue weighted by molar-refractivity contribution is 5.47. The molecule has 5 nitrogen and oxygen atoms in total. The third kappa shape index (κ3) is 2.74. The van der Waals surface area contributed by atoms with E-state index in [4.69, 9.17) is 5.73 Å². The van der Waals surface area contributed by atoms with Gasteiger partial charge in [0.25, 0.3) is 0 Å². The predicted octanol–water partition coefficient (Wildman–Crippen LogP) is 1.29. The van der Waals surface area contributed by atoms with Gasteiger partial charge in [-0.05, 0) is 12.5 Å². The average molecular weight is 233 g/mol. The van der Waals surface area contributed by atoms with E-state index in [1.807, 2.05) is 18.3 Å². The zero-order valence-electron chi connectivity index (χ0n) is 10.2. The van der Waals surface area contributed by atoms with Crippen LogP contribution in [0.1, 0.15) is 19.8 Å². The van der Waals surface area contributed by atoms with E-state index in [2.05, 4.69) is 21.9 Å². The van der Waals surface area contributed by atoms with E-state index in [9.17, 15) is 0 Å². The molecule has 0 aliphatic carbocycles. The summed E-state index contributed by atoms with van der Waals surface area (Å²) < 4.78 is 1.77. The number of nitrogens with two attached hydrogens (primary N) is 1. The molecule has 2 aromatic rings. The Hall–Kier alpha value is -1.62. The fourth-order valence-corrected chi connectivity index (χ4v) is 1.82. The molecule has 0 atom stereocenters. The number of unbranched alkanes of at least 4 members (excludes halogenated alkanes) is 1. The zero-order valence-corrected chi connectivity index (χ0v) is 10.2. The molecule has 0 aromatic carbocycles. The van der Waals surface area contributed by atoms with Crippen molar-refractivity contribution in [2.24, 2.45) is 5.73 Å². The quantitative estimate of drug-likeness (QED) is 0.817. The van der Waals surface area contributed by atoms with Gasteiger partial charge in [-0.3, -0.25) is 0 Å². The summed E-state index contributed by atoms with van der Waals surface area (Å²) in [6, 6.07) is 3.90. The lowest BCUT2D eigenvalue weighted by Gasteiger charge is -2.22. The Balaban J connectivity index is 2.20. The van der Waals surface area contributed by atoms with Gasteiger partial charge < -0.3 is 10.6 Å². The van der Waals surface area contributed by atoms with Crippen molar-refractivity contribution < 1.29 is 0 Å². The Morgan fingerprint density at radius 2 is 2.24 bits per heavy atom. The van der Waals surface area contributed by atoms with Gasteiger partial charge >= 0.3 is 0 Å². The van der Waals surface area contributed by atoms with Crippen LogP contribution in [0.4, 0.5) is 5.82 Å². The van der Waals surface area contributed by atoms with E-state index in [1.54, 1.807) is 10.7 Å². The molecule has 0 radical (unpaired) electrons. The van der Waals surface area contributed by atoms with Gasteiger partial charge in [0.15, 0.2) is 5.65 Å². The minimum absolute atomic E-state index is 0.649. The smallest absolute Gasteiger partial charge is 0.157 e. The molecular weight excluding hydrogens is 214 g/mol. The molecule has 0 unspecified atom stereocenters. The largest absolute Gasteiger partial charge is 0.355 e. The third-order valence-corrected chi connectivity index (χ3v) is 2.75. The van der Waals surface area contributed by atoms with Gasteiger partial charge in [0.1, 0.15) is 5.82 Å². The normalized spacial score (nSPS) is 10.9. The minimum atomic E-state index is 0.649. The van der Waals surface area contributed by atoms with Gasteiger partial charge in [0.2, 0.25) is 0 Å². The fraction of sp³-hybridized carbons (Fsp3) is 0.500. The summed E-state index contributed by atoms with van der Waals surface area (Å²) in [6.45, 7) is 4.69. The van der Waals surface area contributed by atoms with Gasteiger partial charge in [-0.2, -0.15) is 5.10 Å². The van der Waals surface area contributed by atoms with Crippen LogP contribution in [0, 0.1) is 0 Å². The van der Waals surface area contributed by atoms with Crippen LogP contribution in [0.15, 0.2) is 24.5 Å². The summed E-state index contributed by atoms with van der Waals surface area (Å²) in [5.41, 5.74) is 6.52. The molecule has 2 heterocycles. The molecule has 5 heteroatoms. The highest BCUT2D eigenvalue weighted by Crippen LogP contribution is 2.12. The first-order valence-electron chi connectivity index (χ1n) is 6.10. The highest BCUT2D eigenvalue weighted by Gasteiger charge is 2.07. The van der Waals surface area contributed by atoms with Crippen LogP contribution in [-0.2, 0) is 0 Å². The number of anilines is 1. The van der Waals surface area contributed by atoms with Crippen LogP contribution in [0.25, 0.3) is 5.65 Å². The Bertz CT molecular complexity index is 465. The van der Waals surface area contributed by atoms with Crippen LogP contribution in [-0.4, -0.2) is 34.2 Å². The summed E-state index contributed by atoms with van der Waals surface area (Å²) in [5, 5.41) is 4.14. The molecule has 0 amide bonds. The fourth-order valence-electron chi connectivity index (χ4n) is 1.82. The first-order chi connectivity index (χ1) is 8.35. The predicted molar refractivity (Wildman–Crippen MR) is 69.2 cm³/mol. The van der Waals surface area contributed by atoms with Crippen molar-refractivity contribution in [3.63, 3.8) is 0 Å². The van der Waals surface area contributed by atoms with E-state index in [-0.39, 0.29) is 0 Å². The second-order valence-electron chi connectivity index (χ2n) is 4.05. The van der Waals surface area contributed by atoms with Crippen molar-refractivity contribution in [3.05, 3.63) is 24.5 Å². The second kappa shape index (κ2) is 5.63. The van der Waals surface area contributed by atoms with Crippen LogP contribution < -0.4 is 10.6 Å². The molecule has 0 spiro atoms. The number of nitrogens with zero attached hydrogens (tertiary/aromatic N) is 4. The maximum Gasteiger partial charge on any atom is 0.157 e. The van der Waals surface area contributed by atoms with Gasteiger partial charge in [-0.15, -0.1) is 0 Å². The lowest BCUT2D eigenvalue weighted by Crippen LogP contribution is -2.31. The second-order valence-corrected chi connectivity index (χ2v) is 4.05. The maximum atomic E-state index is 5.64. The number of aromatic nitrogens is 3. The molecule has 0 fully saturated rings. The minimum Gasteiger partial charge on any atom is -0.355 e. The summed E-state index contributed by atoms with van der Waals surface area (Å²) in [4.78, 5) is 6.81. The van der Waals surface area contributed by atoms with Crippen LogP contribution >= 0.6 is 0 Å². The van der Waals surface area contributed by atoms with Crippen molar-refractivity contribution in [2.75, 3.05) is 24.5 Å². The van der Waals surface area contributed by atoms with Gasteiger partial charge in [-0.25, -0.2) is 9.50 Å². The highest BCUT2D eigenvalue weighted by atomic mass is 15.3. The molecule has 2 N–H and O–H groups in total.